The number of carbonyl (C=O) groups is 2. The van der Waals surface area contributed by atoms with Crippen LogP contribution in [-0.4, -0.2) is 36.4 Å². The van der Waals surface area contributed by atoms with E-state index in [1.807, 2.05) is 0 Å². The van der Waals surface area contributed by atoms with Crippen LogP contribution in [-0.2, 0) is 19.1 Å². The molecule has 0 heterocycles. The average molecular weight is 1020 g/mol. The summed E-state index contributed by atoms with van der Waals surface area (Å²) in [6.45, 7) is 4.08. The van der Waals surface area contributed by atoms with Crippen LogP contribution in [0.2, 0.25) is 0 Å². The van der Waals surface area contributed by atoms with Gasteiger partial charge in [-0.25, -0.2) is 0 Å². The van der Waals surface area contributed by atoms with Crippen molar-refractivity contribution in [2.24, 2.45) is 0 Å². The molecule has 0 bridgehead atoms. The lowest BCUT2D eigenvalue weighted by atomic mass is 10.0. The van der Waals surface area contributed by atoms with E-state index < -0.39 is 6.10 Å². The van der Waals surface area contributed by atoms with E-state index >= 15 is 0 Å². The number of aliphatic hydroxyl groups excluding tert-OH is 1. The highest BCUT2D eigenvalue weighted by atomic mass is 16.6. The molecule has 0 aromatic rings. The molecule has 0 aromatic heterocycles. The van der Waals surface area contributed by atoms with E-state index in [4.69, 9.17) is 9.47 Å². The number of esters is 2. The third kappa shape index (κ3) is 62.0. The molecule has 0 saturated carbocycles. The Balaban J connectivity index is 3.41. The predicted octanol–water partition coefficient (Wildman–Crippen LogP) is 22.1. The van der Waals surface area contributed by atoms with E-state index in [1.54, 1.807) is 0 Å². The second-order valence-corrected chi connectivity index (χ2v) is 21.8. The van der Waals surface area contributed by atoms with E-state index in [2.05, 4.69) is 74.6 Å². The zero-order valence-electron chi connectivity index (χ0n) is 48.9. The van der Waals surface area contributed by atoms with Crippen molar-refractivity contribution < 1.29 is 24.2 Å². The van der Waals surface area contributed by atoms with E-state index in [-0.39, 0.29) is 25.2 Å². The fourth-order valence-corrected chi connectivity index (χ4v) is 9.76. The minimum Gasteiger partial charge on any atom is -0.462 e. The second-order valence-electron chi connectivity index (χ2n) is 21.8. The van der Waals surface area contributed by atoms with Crippen molar-refractivity contribution in [2.75, 3.05) is 13.2 Å². The van der Waals surface area contributed by atoms with Crippen molar-refractivity contribution in [2.45, 2.75) is 347 Å². The summed E-state index contributed by atoms with van der Waals surface area (Å²) in [5.74, 6) is -0.569. The van der Waals surface area contributed by atoms with Gasteiger partial charge in [0.1, 0.15) is 6.61 Å². The minimum absolute atomic E-state index is 0.0599. The van der Waals surface area contributed by atoms with Gasteiger partial charge in [0.05, 0.1) is 6.61 Å². The molecule has 0 amide bonds. The first kappa shape index (κ1) is 70.6. The van der Waals surface area contributed by atoms with Crippen molar-refractivity contribution in [1.29, 1.82) is 0 Å². The van der Waals surface area contributed by atoms with Crippen molar-refractivity contribution in [3.63, 3.8) is 0 Å². The van der Waals surface area contributed by atoms with Crippen LogP contribution in [0.1, 0.15) is 341 Å². The van der Waals surface area contributed by atoms with Crippen molar-refractivity contribution >= 4 is 11.9 Å². The largest absolute Gasteiger partial charge is 0.462 e. The maximum atomic E-state index is 12.3. The summed E-state index contributed by atoms with van der Waals surface area (Å²) in [4.78, 5) is 24.6. The Labute approximate surface area is 455 Å². The lowest BCUT2D eigenvalue weighted by molar-refractivity contribution is -0.161. The Hall–Kier alpha value is -2.40. The van der Waals surface area contributed by atoms with Gasteiger partial charge in [-0.15, -0.1) is 0 Å². The molecule has 5 heteroatoms. The number of allylic oxidation sites excluding steroid dienone is 10. The summed E-state index contributed by atoms with van der Waals surface area (Å²) in [6, 6.07) is 0. The van der Waals surface area contributed by atoms with Gasteiger partial charge in [-0.05, 0) is 57.8 Å². The summed E-state index contributed by atoms with van der Waals surface area (Å²) < 4.78 is 10.7. The highest BCUT2D eigenvalue weighted by molar-refractivity contribution is 5.70. The highest BCUT2D eigenvalue weighted by Crippen LogP contribution is 2.18. The molecule has 426 valence electrons. The predicted molar refractivity (Wildman–Crippen MR) is 320 cm³/mol. The molecule has 0 fully saturated rings. The zero-order valence-corrected chi connectivity index (χ0v) is 48.9. The van der Waals surface area contributed by atoms with Crippen LogP contribution in [0, 0.1) is 0 Å². The van der Waals surface area contributed by atoms with E-state index in [9.17, 15) is 14.7 Å². The quantitative estimate of drug-likeness (QED) is 0.0373. The van der Waals surface area contributed by atoms with Gasteiger partial charge in [-0.2, -0.15) is 0 Å². The summed E-state index contributed by atoms with van der Waals surface area (Å²) in [5, 5.41) is 9.68. The normalized spacial score (nSPS) is 12.5. The number of carbonyl (C=O) groups excluding carboxylic acids is 2. The van der Waals surface area contributed by atoms with Gasteiger partial charge in [0.25, 0.3) is 0 Å². The molecule has 0 aliphatic rings. The van der Waals surface area contributed by atoms with Gasteiger partial charge in [0, 0.05) is 12.8 Å². The molecular formula is C68H124O5. The molecule has 1 atom stereocenters. The van der Waals surface area contributed by atoms with Gasteiger partial charge in [0.2, 0.25) is 0 Å². The third-order valence-corrected chi connectivity index (χ3v) is 14.6. The van der Waals surface area contributed by atoms with E-state index in [0.29, 0.717) is 12.8 Å². The number of aliphatic hydroxyl groups is 1. The van der Waals surface area contributed by atoms with Crippen molar-refractivity contribution in [3.05, 3.63) is 60.8 Å². The molecule has 5 nitrogen and oxygen atoms in total. The van der Waals surface area contributed by atoms with Gasteiger partial charge in [-0.3, -0.25) is 9.59 Å². The fraction of sp³-hybridized carbons (Fsp3) is 0.824. The van der Waals surface area contributed by atoms with E-state index in [0.717, 1.165) is 64.2 Å². The molecular weight excluding hydrogens is 897 g/mol. The number of hydrogen-bond donors (Lipinski definition) is 1. The molecule has 0 aromatic carbocycles. The van der Waals surface area contributed by atoms with Crippen LogP contribution in [0.5, 0.6) is 0 Å². The Morgan fingerprint density at radius 1 is 0.329 bits per heavy atom. The summed E-state index contributed by atoms with van der Waals surface area (Å²) in [5.41, 5.74) is 0. The fourth-order valence-electron chi connectivity index (χ4n) is 9.76. The second kappa shape index (κ2) is 63.9. The Morgan fingerprint density at radius 3 is 0.890 bits per heavy atom. The molecule has 0 spiro atoms. The SMILES string of the molecule is CC/C=C\C/C=C\C/C=C\C/C=C\C/C=C\CCCCCCCCCCCCCCCCCCCCCCCC(=O)OC(CO)COC(=O)CCCCCCCCCCCCCCCCCCCCCCCC. The molecule has 0 aliphatic carbocycles. The number of rotatable bonds is 60. The highest BCUT2D eigenvalue weighted by Gasteiger charge is 2.16. The van der Waals surface area contributed by atoms with Gasteiger partial charge in [-0.1, -0.05) is 331 Å². The maximum absolute atomic E-state index is 12.3. The maximum Gasteiger partial charge on any atom is 0.306 e. The molecule has 0 radical (unpaired) electrons. The monoisotopic (exact) mass is 1020 g/mol. The number of unbranched alkanes of at least 4 members (excludes halogenated alkanes) is 42. The Kier molecular flexibility index (Phi) is 61.8. The first-order valence-corrected chi connectivity index (χ1v) is 32.3. The average Bonchev–Trinajstić information content (AvgIpc) is 3.39. The lowest BCUT2D eigenvalue weighted by Gasteiger charge is -2.15. The topological polar surface area (TPSA) is 72.8 Å². The van der Waals surface area contributed by atoms with Crippen LogP contribution >= 0.6 is 0 Å². The molecule has 0 rings (SSSR count). The molecule has 0 saturated heterocycles. The van der Waals surface area contributed by atoms with Crippen LogP contribution < -0.4 is 0 Å². The Bertz CT molecular complexity index is 1250. The third-order valence-electron chi connectivity index (χ3n) is 14.6. The molecule has 1 unspecified atom stereocenters. The number of ether oxygens (including phenoxy) is 2. The van der Waals surface area contributed by atoms with Crippen LogP contribution in [0.25, 0.3) is 0 Å². The minimum atomic E-state index is -0.770. The molecule has 73 heavy (non-hydrogen) atoms. The summed E-state index contributed by atoms with van der Waals surface area (Å²) in [7, 11) is 0. The van der Waals surface area contributed by atoms with Crippen LogP contribution in [0.3, 0.4) is 0 Å². The molecule has 1 N–H and O–H groups in total. The zero-order chi connectivity index (χ0) is 52.7. The van der Waals surface area contributed by atoms with Crippen LogP contribution in [0.15, 0.2) is 60.8 Å². The Morgan fingerprint density at radius 2 is 0.589 bits per heavy atom. The lowest BCUT2D eigenvalue weighted by Crippen LogP contribution is -2.28. The summed E-state index contributed by atoms with van der Waals surface area (Å²) >= 11 is 0. The van der Waals surface area contributed by atoms with E-state index in [1.165, 1.54) is 250 Å². The van der Waals surface area contributed by atoms with Crippen molar-refractivity contribution in [1.82, 2.24) is 0 Å². The summed E-state index contributed by atoms with van der Waals surface area (Å²) in [6.07, 6.45) is 86.6. The van der Waals surface area contributed by atoms with Gasteiger partial charge >= 0.3 is 11.9 Å². The van der Waals surface area contributed by atoms with Crippen molar-refractivity contribution in [3.8, 4) is 0 Å². The molecule has 0 aliphatic heterocycles. The smallest absolute Gasteiger partial charge is 0.306 e. The van der Waals surface area contributed by atoms with Gasteiger partial charge < -0.3 is 14.6 Å². The van der Waals surface area contributed by atoms with Gasteiger partial charge in [0.15, 0.2) is 6.10 Å². The van der Waals surface area contributed by atoms with Crippen LogP contribution in [0.4, 0.5) is 0 Å². The number of hydrogen-bond acceptors (Lipinski definition) is 5. The standard InChI is InChI=1S/C68H124O5/c1-3-5-7-9-11-13-15-17-19-21-23-25-27-28-29-30-31-32-33-34-35-36-37-38-39-40-41-43-45-47-49-51-53-55-57-59-61-63-68(71)73-66(64-69)65-72-67(70)62-60-58-56-54-52-50-48-46-44-42-26-24-22-20-18-16-14-12-10-8-6-4-2/h5,7,11,13,17,19,23,25,28-29,66,69H,3-4,6,8-10,12,14-16,18,20-22,24,26-27,30-65H2,1-2H3/b7-5-,13-11-,19-17-,25-23-,29-28-. The first-order chi connectivity index (χ1) is 36.1. The first-order valence-electron chi connectivity index (χ1n) is 32.3.